The molecule has 1 saturated carbocycles. The highest BCUT2D eigenvalue weighted by molar-refractivity contribution is 5.92. The fourth-order valence-electron chi connectivity index (χ4n) is 4.43. The predicted molar refractivity (Wildman–Crippen MR) is 153 cm³/mol. The van der Waals surface area contributed by atoms with Crippen molar-refractivity contribution in [3.05, 3.63) is 71.3 Å². The first-order chi connectivity index (χ1) is 18.6. The number of nitrogens with zero attached hydrogens (tertiary/aromatic N) is 1. The molecule has 0 bridgehead atoms. The first-order valence-corrected chi connectivity index (χ1v) is 13.8. The van der Waals surface area contributed by atoms with Crippen LogP contribution in [-0.4, -0.2) is 47.0 Å². The Balaban J connectivity index is 1.96. The van der Waals surface area contributed by atoms with Gasteiger partial charge in [-0.1, -0.05) is 68.2 Å². The van der Waals surface area contributed by atoms with E-state index in [-0.39, 0.29) is 24.3 Å². The van der Waals surface area contributed by atoms with Gasteiger partial charge >= 0.3 is 6.09 Å². The lowest BCUT2D eigenvalue weighted by atomic mass is 9.99. The molecule has 208 valence electrons. The van der Waals surface area contributed by atoms with Crippen LogP contribution in [0.2, 0.25) is 0 Å². The minimum atomic E-state index is -0.914. The van der Waals surface area contributed by atoms with Crippen molar-refractivity contribution in [3.63, 3.8) is 0 Å². The molecule has 2 N–H and O–H groups in total. The van der Waals surface area contributed by atoms with Gasteiger partial charge in [0.05, 0.1) is 0 Å². The van der Waals surface area contributed by atoms with Crippen LogP contribution in [0.5, 0.6) is 0 Å². The van der Waals surface area contributed by atoms with Gasteiger partial charge in [0.1, 0.15) is 17.7 Å². The number of hydrogen-bond donors (Lipinski definition) is 2. The fourth-order valence-corrected chi connectivity index (χ4v) is 4.43. The number of unbranched alkanes of at least 4 members (excludes halogenated alkanes) is 2. The van der Waals surface area contributed by atoms with Gasteiger partial charge in [0.15, 0.2) is 0 Å². The topological polar surface area (TPSA) is 87.7 Å². The third-order valence-corrected chi connectivity index (χ3v) is 6.47. The molecular weight excluding hydrogens is 490 g/mol. The number of amides is 3. The molecule has 3 rings (SSSR count). The molecule has 1 aliphatic rings. The Kier molecular flexibility index (Phi) is 10.6. The molecule has 0 heterocycles. The number of carbonyl (C=O) groups excluding carboxylic acids is 3. The molecule has 0 aromatic heterocycles. The van der Waals surface area contributed by atoms with Crippen LogP contribution in [0.4, 0.5) is 4.79 Å². The van der Waals surface area contributed by atoms with Crippen molar-refractivity contribution in [3.8, 4) is 12.3 Å². The van der Waals surface area contributed by atoms with Crippen LogP contribution in [0.3, 0.4) is 0 Å². The van der Waals surface area contributed by atoms with E-state index in [4.69, 9.17) is 11.2 Å². The third-order valence-electron chi connectivity index (χ3n) is 6.47. The van der Waals surface area contributed by atoms with Crippen LogP contribution in [0.15, 0.2) is 54.6 Å². The van der Waals surface area contributed by atoms with E-state index >= 15 is 0 Å². The minimum absolute atomic E-state index is 0.102. The average Bonchev–Trinajstić information content (AvgIpc) is 3.74. The summed E-state index contributed by atoms with van der Waals surface area (Å²) in [5.74, 6) is 2.04. The zero-order valence-corrected chi connectivity index (χ0v) is 23.5. The summed E-state index contributed by atoms with van der Waals surface area (Å²) in [6, 6.07) is 14.8. The minimum Gasteiger partial charge on any atom is -0.444 e. The van der Waals surface area contributed by atoms with E-state index in [0.29, 0.717) is 17.7 Å². The second-order valence-electron chi connectivity index (χ2n) is 11.0. The van der Waals surface area contributed by atoms with Crippen molar-refractivity contribution < 1.29 is 19.1 Å². The maximum absolute atomic E-state index is 14.3. The SMILES string of the molecule is C#Cc1ccc(C(C(=O)NCCCCC)N(C(=O)C(Cc2ccccc2)NC(=O)OC(C)(C)C)C2CC2)cc1. The molecule has 1 fully saturated rings. The quantitative estimate of drug-likeness (QED) is 0.293. The average molecular weight is 532 g/mol. The van der Waals surface area contributed by atoms with Crippen molar-refractivity contribution in [1.82, 2.24) is 15.5 Å². The lowest BCUT2D eigenvalue weighted by Gasteiger charge is -2.35. The van der Waals surface area contributed by atoms with Crippen LogP contribution in [-0.2, 0) is 20.7 Å². The lowest BCUT2D eigenvalue weighted by molar-refractivity contribution is -0.143. The van der Waals surface area contributed by atoms with Gasteiger partial charge in [-0.15, -0.1) is 6.42 Å². The first kappa shape index (κ1) is 29.8. The molecule has 0 spiro atoms. The van der Waals surface area contributed by atoms with E-state index in [2.05, 4.69) is 23.5 Å². The van der Waals surface area contributed by atoms with Crippen LogP contribution in [0.1, 0.15) is 82.5 Å². The lowest BCUT2D eigenvalue weighted by Crippen LogP contribution is -2.54. The number of carbonyl (C=O) groups is 3. The monoisotopic (exact) mass is 531 g/mol. The van der Waals surface area contributed by atoms with Crippen LogP contribution in [0, 0.1) is 12.3 Å². The van der Waals surface area contributed by atoms with Crippen molar-refractivity contribution in [2.24, 2.45) is 0 Å². The zero-order chi connectivity index (χ0) is 28.4. The van der Waals surface area contributed by atoms with E-state index < -0.39 is 23.8 Å². The van der Waals surface area contributed by atoms with Gasteiger partial charge in [-0.05, 0) is 63.3 Å². The van der Waals surface area contributed by atoms with Crippen molar-refractivity contribution >= 4 is 17.9 Å². The zero-order valence-electron chi connectivity index (χ0n) is 23.5. The Bertz CT molecular complexity index is 1140. The van der Waals surface area contributed by atoms with Crippen LogP contribution < -0.4 is 10.6 Å². The molecule has 0 radical (unpaired) electrons. The van der Waals surface area contributed by atoms with Crippen molar-refractivity contribution in [1.29, 1.82) is 0 Å². The van der Waals surface area contributed by atoms with Crippen LogP contribution >= 0.6 is 0 Å². The Morgan fingerprint density at radius 3 is 2.28 bits per heavy atom. The van der Waals surface area contributed by atoms with E-state index in [9.17, 15) is 14.4 Å². The van der Waals surface area contributed by atoms with E-state index in [0.717, 1.165) is 37.7 Å². The molecule has 39 heavy (non-hydrogen) atoms. The summed E-state index contributed by atoms with van der Waals surface area (Å²) in [7, 11) is 0. The number of rotatable bonds is 12. The maximum Gasteiger partial charge on any atom is 0.408 e. The Hall–Kier alpha value is -3.79. The molecule has 2 aromatic rings. The largest absolute Gasteiger partial charge is 0.444 e. The molecule has 2 unspecified atom stereocenters. The van der Waals surface area contributed by atoms with E-state index in [1.165, 1.54) is 0 Å². The highest BCUT2D eigenvalue weighted by Gasteiger charge is 2.44. The molecule has 2 atom stereocenters. The Morgan fingerprint density at radius 2 is 1.72 bits per heavy atom. The summed E-state index contributed by atoms with van der Waals surface area (Å²) in [6.07, 6.45) is 9.63. The summed E-state index contributed by atoms with van der Waals surface area (Å²) in [5.41, 5.74) is 1.54. The molecule has 7 nitrogen and oxygen atoms in total. The van der Waals surface area contributed by atoms with E-state index in [1.807, 2.05) is 42.5 Å². The summed E-state index contributed by atoms with van der Waals surface area (Å²) in [4.78, 5) is 42.4. The summed E-state index contributed by atoms with van der Waals surface area (Å²) < 4.78 is 5.49. The molecular formula is C32H41N3O4. The second-order valence-corrected chi connectivity index (χ2v) is 11.0. The molecule has 7 heteroatoms. The highest BCUT2D eigenvalue weighted by atomic mass is 16.6. The van der Waals surface area contributed by atoms with Gasteiger partial charge < -0.3 is 20.3 Å². The van der Waals surface area contributed by atoms with Gasteiger partial charge in [0.25, 0.3) is 0 Å². The fraction of sp³-hybridized carbons (Fsp3) is 0.469. The molecule has 3 amide bonds. The number of nitrogens with one attached hydrogen (secondary N) is 2. The van der Waals surface area contributed by atoms with Crippen molar-refractivity contribution in [2.45, 2.75) is 89.9 Å². The summed E-state index contributed by atoms with van der Waals surface area (Å²) >= 11 is 0. The van der Waals surface area contributed by atoms with Gasteiger partial charge in [-0.2, -0.15) is 0 Å². The number of benzene rings is 2. The maximum atomic E-state index is 14.3. The van der Waals surface area contributed by atoms with E-state index in [1.54, 1.807) is 37.8 Å². The predicted octanol–water partition coefficient (Wildman–Crippen LogP) is 5.14. The number of terminal acetylenes is 1. The standard InChI is InChI=1S/C32H41N3O4/c1-6-8-12-21-33-29(36)28(25-17-15-23(7-2)16-18-25)35(26-19-20-26)30(37)27(22-24-13-10-9-11-14-24)34-31(38)39-32(3,4)5/h2,9-11,13-18,26-28H,6,8,12,19-22H2,1,3-5H3,(H,33,36)(H,34,38). The normalized spacial score (nSPS) is 14.4. The first-order valence-electron chi connectivity index (χ1n) is 13.8. The van der Waals surface area contributed by atoms with Gasteiger partial charge in [-0.3, -0.25) is 9.59 Å². The molecule has 0 aliphatic heterocycles. The summed E-state index contributed by atoms with van der Waals surface area (Å²) in [6.45, 7) is 7.96. The summed E-state index contributed by atoms with van der Waals surface area (Å²) in [5, 5.41) is 5.84. The second kappa shape index (κ2) is 13.8. The smallest absolute Gasteiger partial charge is 0.408 e. The molecule has 2 aromatic carbocycles. The van der Waals surface area contributed by atoms with Crippen LogP contribution in [0.25, 0.3) is 0 Å². The van der Waals surface area contributed by atoms with Gasteiger partial charge in [0, 0.05) is 24.6 Å². The number of alkyl carbamates (subject to hydrolysis) is 1. The van der Waals surface area contributed by atoms with Crippen molar-refractivity contribution in [2.75, 3.05) is 6.54 Å². The highest BCUT2D eigenvalue weighted by Crippen LogP contribution is 2.36. The Morgan fingerprint density at radius 1 is 1.05 bits per heavy atom. The number of ether oxygens (including phenoxy) is 1. The van der Waals surface area contributed by atoms with Gasteiger partial charge in [0.2, 0.25) is 11.8 Å². The third kappa shape index (κ3) is 9.17. The molecule has 1 aliphatic carbocycles. The number of hydrogen-bond acceptors (Lipinski definition) is 4. The van der Waals surface area contributed by atoms with Gasteiger partial charge in [-0.25, -0.2) is 4.79 Å². The Labute approximate surface area is 232 Å². The molecule has 0 saturated heterocycles.